The lowest BCUT2D eigenvalue weighted by molar-refractivity contribution is -0.137. The molecule has 0 atom stereocenters. The molecule has 0 radical (unpaired) electrons. The number of amides is 2. The first-order valence-electron chi connectivity index (χ1n) is 9.60. The van der Waals surface area contributed by atoms with E-state index in [-0.39, 0.29) is 17.9 Å². The molecule has 0 aromatic heterocycles. The lowest BCUT2D eigenvalue weighted by Crippen LogP contribution is -2.48. The van der Waals surface area contributed by atoms with Crippen LogP contribution in [0.4, 0.5) is 0 Å². The maximum atomic E-state index is 12.6. The van der Waals surface area contributed by atoms with Crippen molar-refractivity contribution in [2.45, 2.75) is 57.4 Å². The molecule has 2 amide bonds. The second-order valence-corrected chi connectivity index (χ2v) is 7.45. The van der Waals surface area contributed by atoms with Gasteiger partial charge in [0.15, 0.2) is 0 Å². The number of nitrogens with zero attached hydrogens (tertiary/aromatic N) is 1. The quantitative estimate of drug-likeness (QED) is 0.561. The Morgan fingerprint density at radius 2 is 1.67 bits per heavy atom. The van der Waals surface area contributed by atoms with Gasteiger partial charge in [0.25, 0.3) is 0 Å². The highest BCUT2D eigenvalue weighted by Gasteiger charge is 2.56. The van der Waals surface area contributed by atoms with Crippen molar-refractivity contribution in [3.8, 4) is 0 Å². The molecule has 1 saturated heterocycles. The van der Waals surface area contributed by atoms with Crippen LogP contribution < -0.4 is 10.6 Å². The molecule has 136 valence electrons. The van der Waals surface area contributed by atoms with Gasteiger partial charge in [-0.25, -0.2) is 0 Å². The van der Waals surface area contributed by atoms with E-state index in [1.54, 1.807) is 0 Å². The molecule has 1 aliphatic heterocycles. The van der Waals surface area contributed by atoms with E-state index < -0.39 is 5.41 Å². The van der Waals surface area contributed by atoms with E-state index in [4.69, 9.17) is 4.74 Å². The average molecular weight is 337 g/mol. The molecule has 24 heavy (non-hydrogen) atoms. The molecule has 2 N–H and O–H groups in total. The number of carbonyl (C=O) groups excluding carboxylic acids is 2. The summed E-state index contributed by atoms with van der Waals surface area (Å²) in [5, 5.41) is 6.14. The third-order valence-corrected chi connectivity index (χ3v) is 5.63. The monoisotopic (exact) mass is 337 g/mol. The Bertz CT molecular complexity index is 437. The normalized spacial score (nSPS) is 24.8. The SMILES string of the molecule is O=C(NCCN1CCOCC1)C1(C(=O)NC2CCCCCC2)CC1. The summed E-state index contributed by atoms with van der Waals surface area (Å²) in [5.41, 5.74) is -0.780. The molecule has 6 heteroatoms. The van der Waals surface area contributed by atoms with Gasteiger partial charge in [-0.3, -0.25) is 14.5 Å². The summed E-state index contributed by atoms with van der Waals surface area (Å²) in [6.45, 7) is 4.81. The Morgan fingerprint density at radius 3 is 2.29 bits per heavy atom. The summed E-state index contributed by atoms with van der Waals surface area (Å²) >= 11 is 0. The molecule has 3 aliphatic rings. The second-order valence-electron chi connectivity index (χ2n) is 7.45. The maximum absolute atomic E-state index is 12.6. The van der Waals surface area contributed by atoms with Crippen LogP contribution >= 0.6 is 0 Å². The van der Waals surface area contributed by atoms with Crippen molar-refractivity contribution < 1.29 is 14.3 Å². The van der Waals surface area contributed by atoms with Crippen LogP contribution in [0.3, 0.4) is 0 Å². The van der Waals surface area contributed by atoms with E-state index in [9.17, 15) is 9.59 Å². The molecular weight excluding hydrogens is 306 g/mol. The van der Waals surface area contributed by atoms with Crippen molar-refractivity contribution >= 4 is 11.8 Å². The van der Waals surface area contributed by atoms with E-state index in [1.165, 1.54) is 25.7 Å². The minimum atomic E-state index is -0.780. The van der Waals surface area contributed by atoms with Crippen LogP contribution in [-0.4, -0.2) is 62.1 Å². The van der Waals surface area contributed by atoms with E-state index in [0.29, 0.717) is 19.4 Å². The third-order valence-electron chi connectivity index (χ3n) is 5.63. The molecule has 2 aliphatic carbocycles. The largest absolute Gasteiger partial charge is 0.379 e. The zero-order valence-corrected chi connectivity index (χ0v) is 14.6. The minimum absolute atomic E-state index is 0.0433. The maximum Gasteiger partial charge on any atom is 0.235 e. The molecule has 6 nitrogen and oxygen atoms in total. The molecular formula is C18H31N3O3. The molecule has 3 rings (SSSR count). The van der Waals surface area contributed by atoms with Gasteiger partial charge in [-0.2, -0.15) is 0 Å². The number of hydrogen-bond acceptors (Lipinski definition) is 4. The fraction of sp³-hybridized carbons (Fsp3) is 0.889. The van der Waals surface area contributed by atoms with E-state index in [0.717, 1.165) is 45.7 Å². The van der Waals surface area contributed by atoms with Crippen molar-refractivity contribution in [2.24, 2.45) is 5.41 Å². The highest BCUT2D eigenvalue weighted by atomic mass is 16.5. The highest BCUT2D eigenvalue weighted by Crippen LogP contribution is 2.46. The van der Waals surface area contributed by atoms with Crippen molar-refractivity contribution in [1.29, 1.82) is 0 Å². The van der Waals surface area contributed by atoms with E-state index >= 15 is 0 Å². The Kier molecular flexibility index (Phi) is 6.11. The van der Waals surface area contributed by atoms with Crippen LogP contribution in [0.1, 0.15) is 51.4 Å². The molecule has 0 bridgehead atoms. The first-order valence-corrected chi connectivity index (χ1v) is 9.60. The van der Waals surface area contributed by atoms with Crippen molar-refractivity contribution in [1.82, 2.24) is 15.5 Å². The van der Waals surface area contributed by atoms with Gasteiger partial charge in [0.1, 0.15) is 5.41 Å². The average Bonchev–Trinajstić information content (AvgIpc) is 3.41. The van der Waals surface area contributed by atoms with Gasteiger partial charge in [0, 0.05) is 32.2 Å². The van der Waals surface area contributed by atoms with E-state index in [2.05, 4.69) is 15.5 Å². The summed E-state index contributed by atoms with van der Waals surface area (Å²) in [7, 11) is 0. The van der Waals surface area contributed by atoms with Gasteiger partial charge < -0.3 is 15.4 Å². The third kappa shape index (κ3) is 4.48. The van der Waals surface area contributed by atoms with Crippen LogP contribution in [0.25, 0.3) is 0 Å². The van der Waals surface area contributed by atoms with Gasteiger partial charge in [0.05, 0.1) is 13.2 Å². The Balaban J connectivity index is 1.42. The number of carbonyl (C=O) groups is 2. The van der Waals surface area contributed by atoms with Crippen LogP contribution in [0, 0.1) is 5.41 Å². The van der Waals surface area contributed by atoms with Crippen LogP contribution in [0.15, 0.2) is 0 Å². The van der Waals surface area contributed by atoms with E-state index in [1.807, 2.05) is 0 Å². The molecule has 0 spiro atoms. The highest BCUT2D eigenvalue weighted by molar-refractivity contribution is 6.07. The van der Waals surface area contributed by atoms with Crippen molar-refractivity contribution in [2.75, 3.05) is 39.4 Å². The Labute approximate surface area is 144 Å². The summed E-state index contributed by atoms with van der Waals surface area (Å²) in [4.78, 5) is 27.4. The van der Waals surface area contributed by atoms with Gasteiger partial charge >= 0.3 is 0 Å². The smallest absolute Gasteiger partial charge is 0.235 e. The van der Waals surface area contributed by atoms with Gasteiger partial charge in [-0.1, -0.05) is 25.7 Å². The first kappa shape index (κ1) is 17.7. The van der Waals surface area contributed by atoms with Crippen molar-refractivity contribution in [3.05, 3.63) is 0 Å². The van der Waals surface area contributed by atoms with Crippen LogP contribution in [0.5, 0.6) is 0 Å². The first-order chi connectivity index (χ1) is 11.7. The number of morpholine rings is 1. The molecule has 0 aromatic carbocycles. The molecule has 2 saturated carbocycles. The fourth-order valence-corrected chi connectivity index (χ4v) is 3.75. The number of ether oxygens (including phenoxy) is 1. The lowest BCUT2D eigenvalue weighted by Gasteiger charge is -2.27. The van der Waals surface area contributed by atoms with Gasteiger partial charge in [-0.05, 0) is 25.7 Å². The summed E-state index contributed by atoms with van der Waals surface area (Å²) < 4.78 is 5.32. The zero-order valence-electron chi connectivity index (χ0n) is 14.6. The fourth-order valence-electron chi connectivity index (χ4n) is 3.75. The topological polar surface area (TPSA) is 70.7 Å². The van der Waals surface area contributed by atoms with Crippen LogP contribution in [-0.2, 0) is 14.3 Å². The van der Waals surface area contributed by atoms with Gasteiger partial charge in [0.2, 0.25) is 11.8 Å². The lowest BCUT2D eigenvalue weighted by atomic mass is 10.0. The van der Waals surface area contributed by atoms with Crippen LogP contribution in [0.2, 0.25) is 0 Å². The molecule has 3 fully saturated rings. The predicted octanol–water partition coefficient (Wildman–Crippen LogP) is 1.05. The van der Waals surface area contributed by atoms with Crippen molar-refractivity contribution in [3.63, 3.8) is 0 Å². The molecule has 0 unspecified atom stereocenters. The summed E-state index contributed by atoms with van der Waals surface area (Å²) in [5.74, 6) is -0.125. The molecule has 0 aromatic rings. The Morgan fingerprint density at radius 1 is 1.00 bits per heavy atom. The zero-order chi connectivity index (χ0) is 16.8. The summed E-state index contributed by atoms with van der Waals surface area (Å²) in [6, 6.07) is 0.263. The van der Waals surface area contributed by atoms with Gasteiger partial charge in [-0.15, -0.1) is 0 Å². The number of nitrogens with one attached hydrogen (secondary N) is 2. The Hall–Kier alpha value is -1.14. The minimum Gasteiger partial charge on any atom is -0.379 e. The number of rotatable bonds is 6. The second kappa shape index (κ2) is 8.30. The number of hydrogen-bond donors (Lipinski definition) is 2. The molecule has 1 heterocycles. The standard InChI is InChI=1S/C18H31N3O3/c22-16(19-9-10-21-11-13-24-14-12-21)18(7-8-18)17(23)20-15-5-3-1-2-4-6-15/h15H,1-14H2,(H,19,22)(H,20,23). The predicted molar refractivity (Wildman–Crippen MR) is 91.6 cm³/mol. The summed E-state index contributed by atoms with van der Waals surface area (Å²) in [6.07, 6.45) is 8.39.